The first kappa shape index (κ1) is 13.2. The van der Waals surface area contributed by atoms with Crippen molar-refractivity contribution < 1.29 is 4.39 Å². The molecule has 3 rings (SSSR count). The lowest BCUT2D eigenvalue weighted by atomic mass is 10.1. The van der Waals surface area contributed by atoms with Crippen molar-refractivity contribution in [2.45, 2.75) is 25.3 Å². The van der Waals surface area contributed by atoms with Crippen LogP contribution in [0.5, 0.6) is 0 Å². The Morgan fingerprint density at radius 3 is 3.05 bits per heavy atom. The molecule has 0 saturated carbocycles. The summed E-state index contributed by atoms with van der Waals surface area (Å²) >= 11 is 4.98. The topological polar surface area (TPSA) is 24.9 Å². The molecule has 19 heavy (non-hydrogen) atoms. The SMILES string of the molecule is Fc1ccc(Br)cc1-c1csc(C2CCCCN2)n1. The molecule has 0 radical (unpaired) electrons. The molecule has 1 N–H and O–H groups in total. The highest BCUT2D eigenvalue weighted by Crippen LogP contribution is 2.31. The summed E-state index contributed by atoms with van der Waals surface area (Å²) in [5.74, 6) is -0.225. The second-order valence-electron chi connectivity index (χ2n) is 4.70. The molecule has 0 amide bonds. The van der Waals surface area contributed by atoms with Gasteiger partial charge in [-0.3, -0.25) is 0 Å². The minimum atomic E-state index is -0.225. The summed E-state index contributed by atoms with van der Waals surface area (Å²) in [5.41, 5.74) is 1.29. The van der Waals surface area contributed by atoms with Crippen LogP contribution in [0.2, 0.25) is 0 Å². The molecule has 1 aromatic heterocycles. The third-order valence-electron chi connectivity index (χ3n) is 3.33. The van der Waals surface area contributed by atoms with Crippen molar-refractivity contribution in [3.8, 4) is 11.3 Å². The molecule has 5 heteroatoms. The van der Waals surface area contributed by atoms with Gasteiger partial charge in [-0.1, -0.05) is 22.4 Å². The van der Waals surface area contributed by atoms with Crippen molar-refractivity contribution in [2.24, 2.45) is 0 Å². The second-order valence-corrected chi connectivity index (χ2v) is 6.50. The number of benzene rings is 1. The largest absolute Gasteiger partial charge is 0.308 e. The molecule has 1 aromatic carbocycles. The van der Waals surface area contributed by atoms with E-state index in [1.807, 2.05) is 5.38 Å². The van der Waals surface area contributed by atoms with Crippen LogP contribution in [-0.2, 0) is 0 Å². The molecule has 1 aliphatic heterocycles. The van der Waals surface area contributed by atoms with E-state index in [-0.39, 0.29) is 5.82 Å². The van der Waals surface area contributed by atoms with Gasteiger partial charge in [0, 0.05) is 15.4 Å². The minimum absolute atomic E-state index is 0.225. The first-order valence-corrected chi connectivity index (χ1v) is 8.05. The second kappa shape index (κ2) is 5.69. The third-order valence-corrected chi connectivity index (χ3v) is 4.79. The quantitative estimate of drug-likeness (QED) is 0.868. The van der Waals surface area contributed by atoms with E-state index in [1.54, 1.807) is 23.5 Å². The molecule has 1 fully saturated rings. The van der Waals surface area contributed by atoms with Gasteiger partial charge in [-0.05, 0) is 37.6 Å². The van der Waals surface area contributed by atoms with E-state index in [4.69, 9.17) is 0 Å². The zero-order chi connectivity index (χ0) is 13.2. The van der Waals surface area contributed by atoms with Crippen LogP contribution in [0.4, 0.5) is 4.39 Å². The third kappa shape index (κ3) is 2.88. The molecule has 0 aliphatic carbocycles. The molecular weight excluding hydrogens is 327 g/mol. The number of aromatic nitrogens is 1. The number of nitrogens with one attached hydrogen (secondary N) is 1. The molecule has 2 aromatic rings. The summed E-state index contributed by atoms with van der Waals surface area (Å²) in [5, 5.41) is 6.48. The van der Waals surface area contributed by atoms with Gasteiger partial charge in [-0.15, -0.1) is 11.3 Å². The molecule has 2 heterocycles. The summed E-state index contributed by atoms with van der Waals surface area (Å²) in [6.45, 7) is 1.05. The van der Waals surface area contributed by atoms with E-state index in [0.29, 0.717) is 11.6 Å². The van der Waals surface area contributed by atoms with Crippen LogP contribution in [0.15, 0.2) is 28.1 Å². The van der Waals surface area contributed by atoms with Crippen molar-refractivity contribution in [1.82, 2.24) is 10.3 Å². The molecule has 100 valence electrons. The highest BCUT2D eigenvalue weighted by molar-refractivity contribution is 9.10. The van der Waals surface area contributed by atoms with Crippen molar-refractivity contribution in [1.29, 1.82) is 0 Å². The molecule has 1 aliphatic rings. The molecule has 1 unspecified atom stereocenters. The van der Waals surface area contributed by atoms with E-state index in [1.165, 1.54) is 18.9 Å². The molecule has 0 bridgehead atoms. The smallest absolute Gasteiger partial charge is 0.132 e. The molecular formula is C14H14BrFN2S. The zero-order valence-electron chi connectivity index (χ0n) is 10.3. The number of rotatable bonds is 2. The Bertz CT molecular complexity index is 579. The van der Waals surface area contributed by atoms with Gasteiger partial charge in [-0.25, -0.2) is 9.37 Å². The van der Waals surface area contributed by atoms with Gasteiger partial charge in [0.15, 0.2) is 0 Å². The van der Waals surface area contributed by atoms with Crippen LogP contribution < -0.4 is 5.32 Å². The van der Waals surface area contributed by atoms with Gasteiger partial charge in [0.05, 0.1) is 11.7 Å². The molecule has 2 nitrogen and oxygen atoms in total. The van der Waals surface area contributed by atoms with Gasteiger partial charge < -0.3 is 5.32 Å². The minimum Gasteiger partial charge on any atom is -0.308 e. The zero-order valence-corrected chi connectivity index (χ0v) is 12.7. The van der Waals surface area contributed by atoms with Crippen LogP contribution in [0.25, 0.3) is 11.3 Å². The number of hydrogen-bond acceptors (Lipinski definition) is 3. The van der Waals surface area contributed by atoms with Gasteiger partial charge in [0.25, 0.3) is 0 Å². The summed E-state index contributed by atoms with van der Waals surface area (Å²) in [6.07, 6.45) is 3.58. The summed E-state index contributed by atoms with van der Waals surface area (Å²) in [6, 6.07) is 5.29. The first-order valence-electron chi connectivity index (χ1n) is 6.38. The average molecular weight is 341 g/mol. The molecule has 0 spiro atoms. The maximum Gasteiger partial charge on any atom is 0.132 e. The van der Waals surface area contributed by atoms with E-state index < -0.39 is 0 Å². The number of nitrogens with zero attached hydrogens (tertiary/aromatic N) is 1. The van der Waals surface area contributed by atoms with Crippen molar-refractivity contribution in [3.63, 3.8) is 0 Å². The Morgan fingerprint density at radius 1 is 1.37 bits per heavy atom. The lowest BCUT2D eigenvalue weighted by Gasteiger charge is -2.21. The Labute approximate surface area is 124 Å². The monoisotopic (exact) mass is 340 g/mol. The van der Waals surface area contributed by atoms with Crippen LogP contribution in [-0.4, -0.2) is 11.5 Å². The van der Waals surface area contributed by atoms with E-state index in [2.05, 4.69) is 26.2 Å². The van der Waals surface area contributed by atoms with Crippen molar-refractivity contribution in [2.75, 3.05) is 6.54 Å². The standard InChI is InChI=1S/C14H14BrFN2S/c15-9-4-5-11(16)10(7-9)13-8-19-14(18-13)12-3-1-2-6-17-12/h4-5,7-8,12,17H,1-3,6H2. The highest BCUT2D eigenvalue weighted by Gasteiger charge is 2.19. The fraction of sp³-hybridized carbons (Fsp3) is 0.357. The maximum absolute atomic E-state index is 13.8. The highest BCUT2D eigenvalue weighted by atomic mass is 79.9. The lowest BCUT2D eigenvalue weighted by Crippen LogP contribution is -2.26. The number of thiazole rings is 1. The van der Waals surface area contributed by atoms with E-state index in [0.717, 1.165) is 28.1 Å². The summed E-state index contributed by atoms with van der Waals surface area (Å²) in [7, 11) is 0. The van der Waals surface area contributed by atoms with Gasteiger partial charge in [-0.2, -0.15) is 0 Å². The number of piperidine rings is 1. The summed E-state index contributed by atoms with van der Waals surface area (Å²) < 4.78 is 14.7. The number of halogens is 2. The fourth-order valence-electron chi connectivity index (χ4n) is 2.33. The maximum atomic E-state index is 13.8. The number of hydrogen-bond donors (Lipinski definition) is 1. The van der Waals surface area contributed by atoms with Crippen LogP contribution in [0.1, 0.15) is 30.3 Å². The Hall–Kier alpha value is -0.780. The normalized spacial score (nSPS) is 19.6. The Kier molecular flexibility index (Phi) is 3.96. The van der Waals surface area contributed by atoms with Crippen LogP contribution in [0.3, 0.4) is 0 Å². The predicted octanol–water partition coefficient (Wildman–Crippen LogP) is 4.53. The predicted molar refractivity (Wildman–Crippen MR) is 79.8 cm³/mol. The van der Waals surface area contributed by atoms with Crippen molar-refractivity contribution >= 4 is 27.3 Å². The lowest BCUT2D eigenvalue weighted by molar-refractivity contribution is 0.411. The van der Waals surface area contributed by atoms with Crippen molar-refractivity contribution in [3.05, 3.63) is 38.9 Å². The van der Waals surface area contributed by atoms with E-state index in [9.17, 15) is 4.39 Å². The Balaban J connectivity index is 1.89. The van der Waals surface area contributed by atoms with Crippen LogP contribution >= 0.6 is 27.3 Å². The molecule has 1 saturated heterocycles. The van der Waals surface area contributed by atoms with Gasteiger partial charge in [0.1, 0.15) is 10.8 Å². The average Bonchev–Trinajstić information content (AvgIpc) is 2.92. The summed E-state index contributed by atoms with van der Waals surface area (Å²) in [4.78, 5) is 4.60. The molecule has 1 atom stereocenters. The first-order chi connectivity index (χ1) is 9.24. The Morgan fingerprint density at radius 2 is 2.26 bits per heavy atom. The van der Waals surface area contributed by atoms with Gasteiger partial charge in [0.2, 0.25) is 0 Å². The fourth-order valence-corrected chi connectivity index (χ4v) is 3.62. The van der Waals surface area contributed by atoms with Gasteiger partial charge >= 0.3 is 0 Å². The van der Waals surface area contributed by atoms with Crippen LogP contribution in [0, 0.1) is 5.82 Å². The van der Waals surface area contributed by atoms with E-state index >= 15 is 0 Å².